The van der Waals surface area contributed by atoms with E-state index in [-0.39, 0.29) is 18.0 Å². The molecule has 0 aromatic heterocycles. The maximum absolute atomic E-state index is 12.4. The number of nitrogens with one attached hydrogen (secondary N) is 1. The average molecular weight is 574 g/mol. The number of hydrogen-bond donors (Lipinski definition) is 2. The van der Waals surface area contributed by atoms with Gasteiger partial charge in [-0.05, 0) is 64.1 Å². The van der Waals surface area contributed by atoms with Gasteiger partial charge in [0.05, 0.1) is 15.6 Å². The molecule has 0 saturated heterocycles. The third-order valence-electron chi connectivity index (χ3n) is 4.58. The van der Waals surface area contributed by atoms with E-state index >= 15 is 0 Å². The van der Waals surface area contributed by atoms with Crippen molar-refractivity contribution in [2.45, 2.75) is 6.61 Å². The number of ether oxygens (including phenoxy) is 2. The second-order valence-corrected chi connectivity index (χ2v) is 8.10. The molecule has 0 spiro atoms. The summed E-state index contributed by atoms with van der Waals surface area (Å²) in [6.45, 7) is 0.0662. The molecule has 0 atom stereocenters. The van der Waals surface area contributed by atoms with E-state index < -0.39 is 16.8 Å². The fraction of sp³-hybridized carbons (Fsp3) is 0.0833. The van der Waals surface area contributed by atoms with Crippen molar-refractivity contribution in [3.63, 3.8) is 0 Å². The second kappa shape index (κ2) is 11.3. The molecule has 0 aliphatic rings. The number of carboxylic acids is 1. The van der Waals surface area contributed by atoms with E-state index in [1.54, 1.807) is 54.6 Å². The van der Waals surface area contributed by atoms with Crippen LogP contribution in [0.1, 0.15) is 21.5 Å². The molecule has 174 valence electrons. The predicted molar refractivity (Wildman–Crippen MR) is 133 cm³/mol. The van der Waals surface area contributed by atoms with Gasteiger partial charge in [0.15, 0.2) is 11.5 Å². The molecular weight excluding hydrogens is 555 g/mol. The van der Waals surface area contributed by atoms with Crippen molar-refractivity contribution in [2.75, 3.05) is 7.11 Å². The predicted octanol–water partition coefficient (Wildman–Crippen LogP) is 4.64. The van der Waals surface area contributed by atoms with Gasteiger partial charge in [0.2, 0.25) is 0 Å². The van der Waals surface area contributed by atoms with Crippen molar-refractivity contribution in [3.8, 4) is 11.5 Å². The van der Waals surface area contributed by atoms with Crippen LogP contribution in [0, 0.1) is 13.7 Å². The molecule has 34 heavy (non-hydrogen) atoms. The number of nitrogens with zero attached hydrogens (tertiary/aromatic N) is 1. The Balaban J connectivity index is 1.84. The molecule has 0 aliphatic heterocycles. The highest BCUT2D eigenvalue weighted by molar-refractivity contribution is 14.1. The summed E-state index contributed by atoms with van der Waals surface area (Å²) in [6.07, 6.45) is 1.32. The Morgan fingerprint density at radius 1 is 1.12 bits per heavy atom. The standard InChI is InChI=1S/C24H19IN2O7/c1-33-21-13-16(12-20(24(29)30)26-23(28)17-7-3-2-4-8-17)11-19(25)22(21)34-14-15-6-5-9-18(10-15)27(31)32/h2-13H,14H2,1H3,(H,26,28)(H,29,30)/b20-12+. The van der Waals surface area contributed by atoms with Crippen molar-refractivity contribution in [3.05, 3.63) is 103 Å². The van der Waals surface area contributed by atoms with E-state index in [0.29, 0.717) is 31.8 Å². The summed E-state index contributed by atoms with van der Waals surface area (Å²) in [5.74, 6) is -1.11. The molecule has 0 aliphatic carbocycles. The van der Waals surface area contributed by atoms with E-state index in [4.69, 9.17) is 9.47 Å². The number of rotatable bonds is 9. The Morgan fingerprint density at radius 2 is 1.85 bits per heavy atom. The van der Waals surface area contributed by atoms with Crippen LogP contribution >= 0.6 is 22.6 Å². The molecule has 2 N–H and O–H groups in total. The van der Waals surface area contributed by atoms with Crippen LogP contribution in [-0.4, -0.2) is 29.0 Å². The van der Waals surface area contributed by atoms with Gasteiger partial charge in [-0.25, -0.2) is 4.79 Å². The van der Waals surface area contributed by atoms with Crippen molar-refractivity contribution in [1.29, 1.82) is 0 Å². The van der Waals surface area contributed by atoms with Crippen molar-refractivity contribution in [2.24, 2.45) is 0 Å². The summed E-state index contributed by atoms with van der Waals surface area (Å²) in [5.41, 5.74) is 1.05. The van der Waals surface area contributed by atoms with Gasteiger partial charge in [-0.2, -0.15) is 0 Å². The fourth-order valence-corrected chi connectivity index (χ4v) is 3.76. The van der Waals surface area contributed by atoms with Crippen LogP contribution in [0.4, 0.5) is 5.69 Å². The summed E-state index contributed by atoms with van der Waals surface area (Å²) in [4.78, 5) is 34.6. The molecule has 0 fully saturated rings. The van der Waals surface area contributed by atoms with Crippen LogP contribution < -0.4 is 14.8 Å². The molecule has 1 amide bonds. The maximum atomic E-state index is 12.4. The molecule has 0 saturated carbocycles. The molecule has 0 radical (unpaired) electrons. The summed E-state index contributed by atoms with van der Waals surface area (Å²) < 4.78 is 11.9. The quantitative estimate of drug-likeness (QED) is 0.165. The van der Waals surface area contributed by atoms with Gasteiger partial charge < -0.3 is 19.9 Å². The van der Waals surface area contributed by atoms with Crippen molar-refractivity contribution >= 4 is 46.2 Å². The maximum Gasteiger partial charge on any atom is 0.352 e. The van der Waals surface area contributed by atoms with E-state index in [0.717, 1.165) is 0 Å². The van der Waals surface area contributed by atoms with Crippen LogP contribution in [0.2, 0.25) is 0 Å². The Labute approximate surface area is 208 Å². The third-order valence-corrected chi connectivity index (χ3v) is 5.38. The van der Waals surface area contributed by atoms with Gasteiger partial charge in [-0.15, -0.1) is 0 Å². The van der Waals surface area contributed by atoms with Gasteiger partial charge in [-0.3, -0.25) is 14.9 Å². The van der Waals surface area contributed by atoms with Gasteiger partial charge in [-0.1, -0.05) is 30.3 Å². The molecule has 0 bridgehead atoms. The topological polar surface area (TPSA) is 128 Å². The number of hydrogen-bond acceptors (Lipinski definition) is 6. The van der Waals surface area contributed by atoms with E-state index in [1.165, 1.54) is 25.3 Å². The van der Waals surface area contributed by atoms with Gasteiger partial charge in [0, 0.05) is 17.7 Å². The normalized spacial score (nSPS) is 10.9. The van der Waals surface area contributed by atoms with Crippen LogP contribution in [-0.2, 0) is 11.4 Å². The number of nitro groups is 1. The van der Waals surface area contributed by atoms with E-state index in [2.05, 4.69) is 5.32 Å². The molecule has 9 nitrogen and oxygen atoms in total. The number of halogens is 1. The zero-order valence-corrected chi connectivity index (χ0v) is 20.0. The first-order chi connectivity index (χ1) is 16.3. The Morgan fingerprint density at radius 3 is 2.50 bits per heavy atom. The van der Waals surface area contributed by atoms with Gasteiger partial charge >= 0.3 is 5.97 Å². The highest BCUT2D eigenvalue weighted by Gasteiger charge is 2.16. The van der Waals surface area contributed by atoms with Crippen LogP contribution in [0.25, 0.3) is 6.08 Å². The second-order valence-electron chi connectivity index (χ2n) is 6.93. The highest BCUT2D eigenvalue weighted by Crippen LogP contribution is 2.35. The lowest BCUT2D eigenvalue weighted by Crippen LogP contribution is -2.27. The minimum Gasteiger partial charge on any atom is -0.493 e. The molecule has 10 heteroatoms. The van der Waals surface area contributed by atoms with E-state index in [1.807, 2.05) is 22.6 Å². The number of carbonyl (C=O) groups excluding carboxylic acids is 1. The van der Waals surface area contributed by atoms with Crippen LogP contribution in [0.15, 0.2) is 72.4 Å². The van der Waals surface area contributed by atoms with Crippen molar-refractivity contribution < 1.29 is 29.1 Å². The van der Waals surface area contributed by atoms with Crippen LogP contribution in [0.3, 0.4) is 0 Å². The van der Waals surface area contributed by atoms with Gasteiger partial charge in [0.1, 0.15) is 12.3 Å². The third kappa shape index (κ3) is 6.32. The van der Waals surface area contributed by atoms with Crippen LogP contribution in [0.5, 0.6) is 11.5 Å². The molecule has 0 heterocycles. The fourth-order valence-electron chi connectivity index (χ4n) is 2.98. The zero-order chi connectivity index (χ0) is 24.7. The smallest absolute Gasteiger partial charge is 0.352 e. The number of methoxy groups -OCH3 is 1. The average Bonchev–Trinajstić information content (AvgIpc) is 2.83. The first kappa shape index (κ1) is 24.7. The summed E-state index contributed by atoms with van der Waals surface area (Å²) in [5, 5.41) is 22.9. The minimum atomic E-state index is -1.30. The van der Waals surface area contributed by atoms with Crippen molar-refractivity contribution in [1.82, 2.24) is 5.32 Å². The zero-order valence-electron chi connectivity index (χ0n) is 17.9. The number of non-ortho nitro benzene ring substituents is 1. The molecular formula is C24H19IN2O7. The number of aliphatic carboxylic acids is 1. The summed E-state index contributed by atoms with van der Waals surface area (Å²) >= 11 is 2.02. The summed E-state index contributed by atoms with van der Waals surface area (Å²) in [6, 6.07) is 17.6. The highest BCUT2D eigenvalue weighted by atomic mass is 127. The monoisotopic (exact) mass is 574 g/mol. The SMILES string of the molecule is COc1cc(/C=C(/NC(=O)c2ccccc2)C(=O)O)cc(I)c1OCc1cccc([N+](=O)[O-])c1. The Hall–Kier alpha value is -3.93. The lowest BCUT2D eigenvalue weighted by atomic mass is 10.1. The molecule has 3 aromatic carbocycles. The van der Waals surface area contributed by atoms with E-state index in [9.17, 15) is 24.8 Å². The Kier molecular flexibility index (Phi) is 8.19. The number of amides is 1. The minimum absolute atomic E-state index is 0.0398. The number of benzene rings is 3. The molecule has 0 unspecified atom stereocenters. The molecule has 3 rings (SSSR count). The number of carboxylic acid groups (broad SMARTS) is 1. The first-order valence-electron chi connectivity index (χ1n) is 9.83. The number of carbonyl (C=O) groups is 2. The molecule has 3 aromatic rings. The lowest BCUT2D eigenvalue weighted by molar-refractivity contribution is -0.384. The largest absolute Gasteiger partial charge is 0.493 e. The van der Waals surface area contributed by atoms with Gasteiger partial charge in [0.25, 0.3) is 11.6 Å². The summed E-state index contributed by atoms with van der Waals surface area (Å²) in [7, 11) is 1.44. The lowest BCUT2D eigenvalue weighted by Gasteiger charge is -2.14. The first-order valence-corrected chi connectivity index (χ1v) is 10.9. The number of nitro benzene ring substituents is 1. The Bertz CT molecular complexity index is 1260.